The van der Waals surface area contributed by atoms with Gasteiger partial charge in [0, 0.05) is 26.2 Å². The van der Waals surface area contributed by atoms with E-state index in [4.69, 9.17) is 10.5 Å². The summed E-state index contributed by atoms with van der Waals surface area (Å²) in [5.74, 6) is 0. The monoisotopic (exact) mass is 230 g/mol. The molecule has 1 aliphatic carbocycles. The fraction of sp³-hybridized carbons (Fsp3) is 1.00. The van der Waals surface area contributed by atoms with Gasteiger partial charge in [0.15, 0.2) is 0 Å². The van der Waals surface area contributed by atoms with E-state index in [1.807, 2.05) is 6.92 Å². The molecule has 1 atom stereocenters. The zero-order valence-corrected chi connectivity index (χ0v) is 10.6. The molecule has 0 aromatic carbocycles. The van der Waals surface area contributed by atoms with Crippen molar-refractivity contribution < 1.29 is 9.84 Å². The highest BCUT2D eigenvalue weighted by atomic mass is 16.5. The van der Waals surface area contributed by atoms with Gasteiger partial charge >= 0.3 is 0 Å². The molecule has 0 aromatic rings. The highest BCUT2D eigenvalue weighted by Crippen LogP contribution is 2.27. The number of ether oxygens (including phenoxy) is 1. The topological polar surface area (TPSA) is 58.7 Å². The van der Waals surface area contributed by atoms with Crippen molar-refractivity contribution in [3.05, 3.63) is 0 Å². The van der Waals surface area contributed by atoms with Crippen LogP contribution in [0.5, 0.6) is 0 Å². The molecule has 4 heteroatoms. The number of hydrogen-bond donors (Lipinski definition) is 2. The van der Waals surface area contributed by atoms with E-state index in [1.165, 1.54) is 12.8 Å². The molecule has 16 heavy (non-hydrogen) atoms. The third-order valence-corrected chi connectivity index (χ3v) is 3.25. The second-order valence-electron chi connectivity index (χ2n) is 5.06. The second-order valence-corrected chi connectivity index (χ2v) is 5.06. The van der Waals surface area contributed by atoms with Crippen molar-refractivity contribution in [3.63, 3.8) is 0 Å². The van der Waals surface area contributed by atoms with Crippen LogP contribution in [0.25, 0.3) is 0 Å². The molecule has 0 saturated heterocycles. The number of aliphatic hydroxyl groups is 1. The van der Waals surface area contributed by atoms with Gasteiger partial charge < -0.3 is 15.6 Å². The van der Waals surface area contributed by atoms with Crippen LogP contribution in [0.4, 0.5) is 0 Å². The van der Waals surface area contributed by atoms with Crippen LogP contribution in [-0.4, -0.2) is 55.0 Å². The van der Waals surface area contributed by atoms with Crippen molar-refractivity contribution >= 4 is 0 Å². The fourth-order valence-corrected chi connectivity index (χ4v) is 1.89. The Labute approximate surface area is 98.8 Å². The van der Waals surface area contributed by atoms with Crippen molar-refractivity contribution in [2.45, 2.75) is 44.2 Å². The molecule has 0 heterocycles. The first-order valence-corrected chi connectivity index (χ1v) is 6.24. The molecule has 0 spiro atoms. The van der Waals surface area contributed by atoms with Gasteiger partial charge in [0.1, 0.15) is 0 Å². The Morgan fingerprint density at radius 3 is 2.62 bits per heavy atom. The van der Waals surface area contributed by atoms with Crippen LogP contribution in [0.15, 0.2) is 0 Å². The number of nitrogens with zero attached hydrogens (tertiary/aromatic N) is 1. The minimum absolute atomic E-state index is 0.342. The van der Waals surface area contributed by atoms with E-state index in [9.17, 15) is 5.11 Å². The Morgan fingerprint density at radius 1 is 1.44 bits per heavy atom. The van der Waals surface area contributed by atoms with Crippen LogP contribution in [0.1, 0.15) is 32.6 Å². The van der Waals surface area contributed by atoms with Crippen LogP contribution >= 0.6 is 0 Å². The Hall–Kier alpha value is -0.160. The highest BCUT2D eigenvalue weighted by molar-refractivity contribution is 4.85. The van der Waals surface area contributed by atoms with Crippen LogP contribution in [0.3, 0.4) is 0 Å². The zero-order valence-electron chi connectivity index (χ0n) is 10.6. The maximum atomic E-state index is 9.80. The maximum absolute atomic E-state index is 9.80. The molecule has 0 amide bonds. The van der Waals surface area contributed by atoms with Gasteiger partial charge in [-0.1, -0.05) is 0 Å². The van der Waals surface area contributed by atoms with Crippen LogP contribution in [0.2, 0.25) is 0 Å². The number of methoxy groups -OCH3 is 1. The first-order chi connectivity index (χ1) is 7.59. The van der Waals surface area contributed by atoms with Crippen molar-refractivity contribution in [1.82, 2.24) is 4.90 Å². The molecule has 4 nitrogen and oxygen atoms in total. The summed E-state index contributed by atoms with van der Waals surface area (Å²) in [6.07, 6.45) is 4.41. The standard InChI is InChI=1S/C12H26N2O2/c1-12(15,10-13)6-3-7-14(8-9-16-2)11-4-5-11/h11,15H,3-10,13H2,1-2H3. The van der Waals surface area contributed by atoms with E-state index in [1.54, 1.807) is 7.11 Å². The first-order valence-electron chi connectivity index (χ1n) is 6.24. The lowest BCUT2D eigenvalue weighted by atomic mass is 10.0. The Kier molecular flexibility index (Phi) is 5.69. The van der Waals surface area contributed by atoms with E-state index >= 15 is 0 Å². The van der Waals surface area contributed by atoms with Crippen LogP contribution in [-0.2, 0) is 4.74 Å². The quantitative estimate of drug-likeness (QED) is 0.608. The third-order valence-electron chi connectivity index (χ3n) is 3.25. The van der Waals surface area contributed by atoms with E-state index in [0.717, 1.165) is 38.6 Å². The van der Waals surface area contributed by atoms with Crippen LogP contribution in [0, 0.1) is 0 Å². The Morgan fingerprint density at radius 2 is 2.12 bits per heavy atom. The average molecular weight is 230 g/mol. The molecule has 0 bridgehead atoms. The summed E-state index contributed by atoms with van der Waals surface area (Å²) in [7, 11) is 1.74. The van der Waals surface area contributed by atoms with Gasteiger partial charge in [-0.25, -0.2) is 0 Å². The van der Waals surface area contributed by atoms with Gasteiger partial charge in [0.25, 0.3) is 0 Å². The smallest absolute Gasteiger partial charge is 0.0741 e. The summed E-state index contributed by atoms with van der Waals surface area (Å²) < 4.78 is 5.11. The third kappa shape index (κ3) is 5.25. The van der Waals surface area contributed by atoms with E-state index in [0.29, 0.717) is 6.54 Å². The summed E-state index contributed by atoms with van der Waals surface area (Å²) in [5.41, 5.74) is 4.79. The summed E-state index contributed by atoms with van der Waals surface area (Å²) in [6, 6.07) is 0.762. The molecule has 0 radical (unpaired) electrons. The molecule has 0 aromatic heterocycles. The predicted molar refractivity (Wildman–Crippen MR) is 65.4 cm³/mol. The Bertz CT molecular complexity index is 193. The summed E-state index contributed by atoms with van der Waals surface area (Å²) in [5, 5.41) is 9.80. The molecule has 1 unspecified atom stereocenters. The normalized spacial score (nSPS) is 20.1. The summed E-state index contributed by atoms with van der Waals surface area (Å²) in [4.78, 5) is 2.47. The molecule has 1 saturated carbocycles. The lowest BCUT2D eigenvalue weighted by Crippen LogP contribution is -2.36. The molecule has 1 fully saturated rings. The van der Waals surface area contributed by atoms with E-state index < -0.39 is 5.60 Å². The molecule has 1 aliphatic rings. The number of nitrogens with two attached hydrogens (primary N) is 1. The average Bonchev–Trinajstić information content (AvgIpc) is 3.07. The maximum Gasteiger partial charge on any atom is 0.0741 e. The minimum Gasteiger partial charge on any atom is -0.389 e. The van der Waals surface area contributed by atoms with Gasteiger partial charge in [0.05, 0.1) is 12.2 Å². The van der Waals surface area contributed by atoms with E-state index in [2.05, 4.69) is 4.90 Å². The van der Waals surface area contributed by atoms with Gasteiger partial charge in [-0.3, -0.25) is 4.90 Å². The Balaban J connectivity index is 2.17. The molecular weight excluding hydrogens is 204 g/mol. The zero-order chi connectivity index (χ0) is 12.0. The lowest BCUT2D eigenvalue weighted by Gasteiger charge is -2.25. The number of rotatable bonds is 9. The second kappa shape index (κ2) is 6.55. The van der Waals surface area contributed by atoms with Crippen molar-refractivity contribution in [2.75, 3.05) is 33.4 Å². The number of hydrogen-bond acceptors (Lipinski definition) is 4. The lowest BCUT2D eigenvalue weighted by molar-refractivity contribution is 0.0526. The van der Waals surface area contributed by atoms with E-state index in [-0.39, 0.29) is 0 Å². The molecule has 96 valence electrons. The first kappa shape index (κ1) is 13.9. The van der Waals surface area contributed by atoms with Crippen molar-refractivity contribution in [2.24, 2.45) is 5.73 Å². The summed E-state index contributed by atoms with van der Waals surface area (Å²) in [6.45, 7) is 5.00. The van der Waals surface area contributed by atoms with Gasteiger partial charge in [-0.15, -0.1) is 0 Å². The molecule has 3 N–H and O–H groups in total. The predicted octanol–water partition coefficient (Wildman–Crippen LogP) is 0.587. The SMILES string of the molecule is COCCN(CCCC(C)(O)CN)C1CC1. The molecular formula is C12H26N2O2. The van der Waals surface area contributed by atoms with Crippen LogP contribution < -0.4 is 5.73 Å². The molecule has 1 rings (SSSR count). The fourth-order valence-electron chi connectivity index (χ4n) is 1.89. The minimum atomic E-state index is -0.698. The summed E-state index contributed by atoms with van der Waals surface area (Å²) >= 11 is 0. The van der Waals surface area contributed by atoms with Crippen molar-refractivity contribution in [1.29, 1.82) is 0 Å². The van der Waals surface area contributed by atoms with Gasteiger partial charge in [0.2, 0.25) is 0 Å². The molecule has 0 aliphatic heterocycles. The largest absolute Gasteiger partial charge is 0.389 e. The highest BCUT2D eigenvalue weighted by Gasteiger charge is 2.28. The van der Waals surface area contributed by atoms with Gasteiger partial charge in [-0.05, 0) is 39.2 Å². The van der Waals surface area contributed by atoms with Gasteiger partial charge in [-0.2, -0.15) is 0 Å². The van der Waals surface area contributed by atoms with Crippen molar-refractivity contribution in [3.8, 4) is 0 Å².